The third-order valence-electron chi connectivity index (χ3n) is 3.17. The molecule has 1 aliphatic heterocycles. The third-order valence-corrected chi connectivity index (χ3v) is 3.17. The maximum atomic E-state index is 4.37. The predicted molar refractivity (Wildman–Crippen MR) is 94.1 cm³/mol. The van der Waals surface area contributed by atoms with Gasteiger partial charge < -0.3 is 5.32 Å². The summed E-state index contributed by atoms with van der Waals surface area (Å²) in [5.41, 5.74) is 5.97. The van der Waals surface area contributed by atoms with Crippen LogP contribution in [-0.4, -0.2) is 6.21 Å². The molecule has 0 saturated carbocycles. The molecule has 1 rings (SSSR count). The van der Waals surface area contributed by atoms with Gasteiger partial charge in [-0.05, 0) is 51.0 Å². The van der Waals surface area contributed by atoms with Crippen LogP contribution in [0.5, 0.6) is 0 Å². The second kappa shape index (κ2) is 8.05. The Morgan fingerprint density at radius 1 is 1.19 bits per heavy atom. The Balaban J connectivity index is 3.21. The topological polar surface area (TPSA) is 24.4 Å². The standard InChI is InChI=1S/C19H24N2/c1-7-10-12-19-17(9-3)15(5)18(16(6)21-19)13-20-14(4)11-8-2/h7-13,21H,4,6H2,1-3,5H3/b10-7-,11-8-,17-9-,19-12+,20-13-. The second-order valence-corrected chi connectivity index (χ2v) is 4.70. The summed E-state index contributed by atoms with van der Waals surface area (Å²) >= 11 is 0. The predicted octanol–water partition coefficient (Wildman–Crippen LogP) is 4.99. The first-order valence-corrected chi connectivity index (χ1v) is 7.08. The van der Waals surface area contributed by atoms with Gasteiger partial charge in [0.2, 0.25) is 0 Å². The van der Waals surface area contributed by atoms with Crippen LogP contribution in [0.2, 0.25) is 0 Å². The van der Waals surface area contributed by atoms with Crippen molar-refractivity contribution in [2.45, 2.75) is 27.7 Å². The monoisotopic (exact) mass is 280 g/mol. The largest absolute Gasteiger partial charge is 0.355 e. The van der Waals surface area contributed by atoms with Crippen LogP contribution in [0.1, 0.15) is 27.7 Å². The van der Waals surface area contributed by atoms with Gasteiger partial charge >= 0.3 is 0 Å². The Hall–Kier alpha value is -2.35. The van der Waals surface area contributed by atoms with Crippen LogP contribution in [-0.2, 0) is 0 Å². The molecule has 0 amide bonds. The summed E-state index contributed by atoms with van der Waals surface area (Å²) in [6, 6.07) is 0. The van der Waals surface area contributed by atoms with Gasteiger partial charge in [0.05, 0.1) is 5.70 Å². The summed E-state index contributed by atoms with van der Waals surface area (Å²) in [7, 11) is 0. The lowest BCUT2D eigenvalue weighted by Gasteiger charge is -2.25. The second-order valence-electron chi connectivity index (χ2n) is 4.70. The Labute approximate surface area is 128 Å². The van der Waals surface area contributed by atoms with E-state index in [1.165, 1.54) is 5.57 Å². The van der Waals surface area contributed by atoms with Crippen molar-refractivity contribution in [3.63, 3.8) is 0 Å². The molecule has 0 bridgehead atoms. The average Bonchev–Trinajstić information content (AvgIpc) is 2.45. The van der Waals surface area contributed by atoms with Crippen molar-refractivity contribution in [1.82, 2.24) is 5.32 Å². The Kier molecular flexibility index (Phi) is 6.41. The lowest BCUT2D eigenvalue weighted by atomic mass is 9.93. The van der Waals surface area contributed by atoms with E-state index in [9.17, 15) is 0 Å². The van der Waals surface area contributed by atoms with E-state index in [1.807, 2.05) is 51.3 Å². The van der Waals surface area contributed by atoms with E-state index in [2.05, 4.69) is 42.5 Å². The zero-order valence-electron chi connectivity index (χ0n) is 13.4. The highest BCUT2D eigenvalue weighted by molar-refractivity contribution is 5.89. The molecule has 0 radical (unpaired) electrons. The minimum absolute atomic E-state index is 0.725. The van der Waals surface area contributed by atoms with Crippen molar-refractivity contribution in [3.8, 4) is 0 Å². The molecule has 1 N–H and O–H groups in total. The number of nitrogens with one attached hydrogen (secondary N) is 1. The van der Waals surface area contributed by atoms with Gasteiger partial charge in [0.15, 0.2) is 0 Å². The van der Waals surface area contributed by atoms with Crippen LogP contribution in [0, 0.1) is 0 Å². The normalized spacial score (nSPS) is 20.5. The zero-order chi connectivity index (χ0) is 15.8. The molecule has 110 valence electrons. The first-order valence-electron chi connectivity index (χ1n) is 7.08. The molecular weight excluding hydrogens is 256 g/mol. The highest BCUT2D eigenvalue weighted by Crippen LogP contribution is 2.29. The van der Waals surface area contributed by atoms with Crippen LogP contribution < -0.4 is 5.32 Å². The first kappa shape index (κ1) is 16.7. The minimum atomic E-state index is 0.725. The molecule has 0 aromatic rings. The van der Waals surface area contributed by atoms with Crippen molar-refractivity contribution in [2.75, 3.05) is 0 Å². The van der Waals surface area contributed by atoms with E-state index in [0.29, 0.717) is 0 Å². The lowest BCUT2D eigenvalue weighted by Crippen LogP contribution is -2.22. The van der Waals surface area contributed by atoms with Crippen molar-refractivity contribution in [3.05, 3.63) is 83.4 Å². The number of nitrogens with zero attached hydrogens (tertiary/aromatic N) is 1. The lowest BCUT2D eigenvalue weighted by molar-refractivity contribution is 0.968. The molecule has 2 nitrogen and oxygen atoms in total. The van der Waals surface area contributed by atoms with Gasteiger partial charge in [-0.25, -0.2) is 0 Å². The molecule has 1 aliphatic rings. The van der Waals surface area contributed by atoms with Gasteiger partial charge in [0.1, 0.15) is 0 Å². The highest BCUT2D eigenvalue weighted by Gasteiger charge is 2.18. The highest BCUT2D eigenvalue weighted by atomic mass is 14.9. The molecule has 0 aromatic heterocycles. The summed E-state index contributed by atoms with van der Waals surface area (Å²) in [4.78, 5) is 4.37. The van der Waals surface area contributed by atoms with Crippen molar-refractivity contribution < 1.29 is 0 Å². The Morgan fingerprint density at radius 3 is 2.48 bits per heavy atom. The first-order chi connectivity index (χ1) is 10.0. The summed E-state index contributed by atoms with van der Waals surface area (Å²) < 4.78 is 0. The van der Waals surface area contributed by atoms with Crippen LogP contribution in [0.25, 0.3) is 0 Å². The van der Waals surface area contributed by atoms with E-state index in [0.717, 1.165) is 28.2 Å². The molecule has 0 spiro atoms. The van der Waals surface area contributed by atoms with Gasteiger partial charge in [0.25, 0.3) is 0 Å². The van der Waals surface area contributed by atoms with Crippen LogP contribution >= 0.6 is 0 Å². The quantitative estimate of drug-likeness (QED) is 0.569. The molecule has 0 unspecified atom stereocenters. The summed E-state index contributed by atoms with van der Waals surface area (Å²) in [5.74, 6) is 0. The van der Waals surface area contributed by atoms with E-state index in [-0.39, 0.29) is 0 Å². The van der Waals surface area contributed by atoms with Crippen LogP contribution in [0.4, 0.5) is 0 Å². The van der Waals surface area contributed by atoms with E-state index in [1.54, 1.807) is 0 Å². The number of aliphatic imine (C=N–C) groups is 1. The molecule has 0 saturated heterocycles. The maximum absolute atomic E-state index is 4.37. The maximum Gasteiger partial charge on any atom is 0.0554 e. The van der Waals surface area contributed by atoms with Crippen molar-refractivity contribution >= 4 is 6.21 Å². The minimum Gasteiger partial charge on any atom is -0.355 e. The molecule has 0 fully saturated rings. The third kappa shape index (κ3) is 4.32. The average molecular weight is 280 g/mol. The van der Waals surface area contributed by atoms with Gasteiger partial charge in [-0.2, -0.15) is 0 Å². The molecule has 2 heteroatoms. The molecule has 0 atom stereocenters. The molecule has 1 heterocycles. The summed E-state index contributed by atoms with van der Waals surface area (Å²) in [5, 5.41) is 3.34. The summed E-state index contributed by atoms with van der Waals surface area (Å²) in [6.45, 7) is 16.0. The Bertz CT molecular complexity index is 605. The fourth-order valence-corrected chi connectivity index (χ4v) is 2.12. The van der Waals surface area contributed by atoms with Crippen LogP contribution in [0.15, 0.2) is 88.4 Å². The van der Waals surface area contributed by atoms with Gasteiger partial charge in [-0.1, -0.05) is 37.5 Å². The number of hydrogen-bond acceptors (Lipinski definition) is 2. The SMILES string of the molecule is C=C(/C=C\C)/N=C\C1=C(C)C(=C/C)/C(=C\C=C/C)NC1=C. The van der Waals surface area contributed by atoms with Crippen molar-refractivity contribution in [1.29, 1.82) is 0 Å². The van der Waals surface area contributed by atoms with Gasteiger partial charge in [-0.15, -0.1) is 0 Å². The van der Waals surface area contributed by atoms with Gasteiger partial charge in [0, 0.05) is 23.2 Å². The molecule has 21 heavy (non-hydrogen) atoms. The van der Waals surface area contributed by atoms with E-state index in [4.69, 9.17) is 0 Å². The fourth-order valence-electron chi connectivity index (χ4n) is 2.12. The zero-order valence-corrected chi connectivity index (χ0v) is 13.4. The molecular formula is C19H24N2. The van der Waals surface area contributed by atoms with Gasteiger partial charge in [-0.3, -0.25) is 4.99 Å². The van der Waals surface area contributed by atoms with Crippen LogP contribution in [0.3, 0.4) is 0 Å². The molecule has 0 aliphatic carbocycles. The fraction of sp³-hybridized carbons (Fsp3) is 0.211. The Morgan fingerprint density at radius 2 is 1.90 bits per heavy atom. The summed E-state index contributed by atoms with van der Waals surface area (Å²) in [6.07, 6.45) is 13.8. The van der Waals surface area contributed by atoms with E-state index >= 15 is 0 Å². The van der Waals surface area contributed by atoms with E-state index < -0.39 is 0 Å². The number of allylic oxidation sites excluding steroid dienone is 8. The van der Waals surface area contributed by atoms with Crippen molar-refractivity contribution in [2.24, 2.45) is 4.99 Å². The number of rotatable bonds is 4. The number of hydrogen-bond donors (Lipinski definition) is 1. The molecule has 0 aromatic carbocycles. The smallest absolute Gasteiger partial charge is 0.0554 e.